The summed E-state index contributed by atoms with van der Waals surface area (Å²) in [4.78, 5) is 24.5. The summed E-state index contributed by atoms with van der Waals surface area (Å²) in [7, 11) is 0. The van der Waals surface area contributed by atoms with Gasteiger partial charge in [-0.2, -0.15) is 0 Å². The molecule has 3 rings (SSSR count). The molecule has 0 fully saturated rings. The van der Waals surface area contributed by atoms with Crippen LogP contribution in [0.15, 0.2) is 78.9 Å². The van der Waals surface area contributed by atoms with Crippen LogP contribution in [0.4, 0.5) is 5.69 Å². The molecule has 160 valence electrons. The first kappa shape index (κ1) is 22.8. The van der Waals surface area contributed by atoms with Crippen LogP contribution >= 0.6 is 0 Å². The molecule has 0 heterocycles. The molecule has 1 atom stereocenters. The number of benzene rings is 3. The van der Waals surface area contributed by atoms with Crippen molar-refractivity contribution in [2.75, 3.05) is 12.3 Å². The number of nitrogens with two attached hydrogens (primary N) is 1. The van der Waals surface area contributed by atoms with E-state index in [2.05, 4.69) is 17.4 Å². The SMILES string of the molecule is Nc1ccccc1[AsH]C(=O)CCCCCCNC(=O)c1ccc(-c2ccccc2)cc1. The second-order valence-corrected chi connectivity index (χ2v) is 10.3. The summed E-state index contributed by atoms with van der Waals surface area (Å²) in [6.07, 6.45) is 4.47. The van der Waals surface area contributed by atoms with Crippen LogP contribution in [-0.4, -0.2) is 32.8 Å². The van der Waals surface area contributed by atoms with E-state index in [0.29, 0.717) is 23.1 Å². The number of nitrogens with one attached hydrogen (secondary N) is 1. The normalized spacial score (nSPS) is 11.0. The Hall–Kier alpha value is -2.84. The molecule has 0 aliphatic carbocycles. The molecule has 3 aromatic rings. The Morgan fingerprint density at radius 2 is 1.39 bits per heavy atom. The van der Waals surface area contributed by atoms with Gasteiger partial charge in [0.25, 0.3) is 0 Å². The van der Waals surface area contributed by atoms with E-state index in [-0.39, 0.29) is 5.91 Å². The Balaban J connectivity index is 1.29. The Kier molecular flexibility index (Phi) is 8.93. The second-order valence-electron chi connectivity index (χ2n) is 7.50. The van der Waals surface area contributed by atoms with Crippen LogP contribution in [0.2, 0.25) is 0 Å². The molecular weight excluding hydrogens is 447 g/mol. The zero-order valence-corrected chi connectivity index (χ0v) is 19.7. The van der Waals surface area contributed by atoms with Gasteiger partial charge in [0.05, 0.1) is 0 Å². The van der Waals surface area contributed by atoms with E-state index in [4.69, 9.17) is 5.73 Å². The molecule has 0 radical (unpaired) electrons. The van der Waals surface area contributed by atoms with Crippen LogP contribution in [-0.2, 0) is 4.79 Å². The van der Waals surface area contributed by atoms with Crippen molar-refractivity contribution in [2.45, 2.75) is 32.1 Å². The van der Waals surface area contributed by atoms with E-state index in [9.17, 15) is 9.59 Å². The minimum absolute atomic E-state index is 0.0411. The van der Waals surface area contributed by atoms with Crippen molar-refractivity contribution in [2.24, 2.45) is 0 Å². The molecule has 4 nitrogen and oxygen atoms in total. The molecule has 31 heavy (non-hydrogen) atoms. The van der Waals surface area contributed by atoms with Crippen molar-refractivity contribution >= 4 is 36.3 Å². The summed E-state index contributed by atoms with van der Waals surface area (Å²) in [6.45, 7) is 0.654. The number of carbonyl (C=O) groups is 2. The molecule has 0 saturated heterocycles. The van der Waals surface area contributed by atoms with Gasteiger partial charge < -0.3 is 0 Å². The van der Waals surface area contributed by atoms with Crippen LogP contribution in [0.1, 0.15) is 42.5 Å². The van der Waals surface area contributed by atoms with Crippen LogP contribution in [0.5, 0.6) is 0 Å². The monoisotopic (exact) mass is 476 g/mol. The van der Waals surface area contributed by atoms with Gasteiger partial charge in [-0.3, -0.25) is 0 Å². The Labute approximate surface area is 190 Å². The van der Waals surface area contributed by atoms with Crippen molar-refractivity contribution in [3.05, 3.63) is 84.4 Å². The molecule has 3 N–H and O–H groups in total. The van der Waals surface area contributed by atoms with E-state index < -0.39 is 15.8 Å². The topological polar surface area (TPSA) is 72.2 Å². The first-order valence-corrected chi connectivity index (χ1v) is 12.8. The number of hydrogen-bond donors (Lipinski definition) is 2. The van der Waals surface area contributed by atoms with Crippen molar-refractivity contribution in [1.29, 1.82) is 0 Å². The van der Waals surface area contributed by atoms with Gasteiger partial charge in [-0.15, -0.1) is 0 Å². The van der Waals surface area contributed by atoms with E-state index in [1.807, 2.05) is 66.7 Å². The van der Waals surface area contributed by atoms with Crippen LogP contribution < -0.4 is 15.4 Å². The van der Waals surface area contributed by atoms with Gasteiger partial charge in [0.2, 0.25) is 0 Å². The number of hydrogen-bond acceptors (Lipinski definition) is 3. The molecule has 0 aliphatic rings. The fourth-order valence-electron chi connectivity index (χ4n) is 3.34. The molecule has 0 aromatic heterocycles. The van der Waals surface area contributed by atoms with Gasteiger partial charge in [0.15, 0.2) is 0 Å². The van der Waals surface area contributed by atoms with Crippen molar-refractivity contribution in [3.8, 4) is 11.1 Å². The van der Waals surface area contributed by atoms with E-state index in [0.717, 1.165) is 46.8 Å². The van der Waals surface area contributed by atoms with Gasteiger partial charge in [0.1, 0.15) is 0 Å². The van der Waals surface area contributed by atoms with Crippen molar-refractivity contribution in [3.63, 3.8) is 0 Å². The quantitative estimate of drug-likeness (QED) is 0.251. The fraction of sp³-hybridized carbons (Fsp3) is 0.231. The summed E-state index contributed by atoms with van der Waals surface area (Å²) in [6, 6.07) is 25.5. The number of amides is 1. The van der Waals surface area contributed by atoms with Gasteiger partial charge in [0, 0.05) is 0 Å². The number of nitrogen functional groups attached to an aromatic ring is 1. The average Bonchev–Trinajstić information content (AvgIpc) is 2.80. The first-order valence-electron chi connectivity index (χ1n) is 10.7. The number of carbonyl (C=O) groups excluding carboxylic acids is 2. The number of para-hydroxylation sites is 1. The average molecular weight is 476 g/mol. The molecule has 1 unspecified atom stereocenters. The van der Waals surface area contributed by atoms with Gasteiger partial charge in [-0.25, -0.2) is 0 Å². The molecule has 0 aliphatic heterocycles. The third kappa shape index (κ3) is 7.41. The maximum atomic E-state index is 12.3. The molecule has 1 amide bonds. The Bertz CT molecular complexity index is 988. The van der Waals surface area contributed by atoms with E-state index in [1.54, 1.807) is 0 Å². The zero-order valence-electron chi connectivity index (χ0n) is 17.6. The Morgan fingerprint density at radius 1 is 0.742 bits per heavy atom. The second kappa shape index (κ2) is 12.1. The summed E-state index contributed by atoms with van der Waals surface area (Å²) in [5.41, 5.74) is 9.58. The third-order valence-corrected chi connectivity index (χ3v) is 7.74. The summed E-state index contributed by atoms with van der Waals surface area (Å²) >= 11 is -0.807. The van der Waals surface area contributed by atoms with E-state index in [1.165, 1.54) is 0 Å². The van der Waals surface area contributed by atoms with Crippen LogP contribution in [0.25, 0.3) is 11.1 Å². The first-order chi connectivity index (χ1) is 15.1. The minimum atomic E-state index is -0.807. The molecule has 5 heteroatoms. The van der Waals surface area contributed by atoms with Gasteiger partial charge >= 0.3 is 150 Å². The summed E-state index contributed by atoms with van der Waals surface area (Å²) in [5.74, 6) is -0.0411. The molecule has 3 aromatic carbocycles. The zero-order chi connectivity index (χ0) is 21.9. The van der Waals surface area contributed by atoms with Crippen LogP contribution in [0.3, 0.4) is 0 Å². The summed E-state index contributed by atoms with van der Waals surface area (Å²) < 4.78 is 1.39. The van der Waals surface area contributed by atoms with Crippen molar-refractivity contribution < 1.29 is 9.59 Å². The Morgan fingerprint density at radius 3 is 2.13 bits per heavy atom. The number of anilines is 1. The van der Waals surface area contributed by atoms with Gasteiger partial charge in [-0.05, 0) is 11.1 Å². The molecule has 0 saturated carbocycles. The third-order valence-electron chi connectivity index (χ3n) is 5.11. The number of rotatable bonds is 11. The predicted molar refractivity (Wildman–Crippen MR) is 130 cm³/mol. The molecular formula is C26H29AsN2O2. The molecule has 0 spiro atoms. The van der Waals surface area contributed by atoms with E-state index >= 15 is 0 Å². The fourth-order valence-corrected chi connectivity index (χ4v) is 5.45. The molecule has 0 bridgehead atoms. The number of unbranched alkanes of at least 4 members (excludes halogenated alkanes) is 3. The van der Waals surface area contributed by atoms with Crippen molar-refractivity contribution in [1.82, 2.24) is 5.32 Å². The van der Waals surface area contributed by atoms with Crippen LogP contribution in [0, 0.1) is 0 Å². The predicted octanol–water partition coefficient (Wildman–Crippen LogP) is 3.90. The summed E-state index contributed by atoms with van der Waals surface area (Å²) in [5, 5.41) is 2.98. The standard InChI is InChI=1S/C26H29AsN2O2/c28-24-13-8-7-12-23(24)27-25(30)14-6-1-2-9-19-29-26(31)22-17-15-21(16-18-22)20-10-4-3-5-11-20/h3-5,7-8,10-13,15-18,27H,1-2,6,9,14,19,28H2,(H,29,31). The van der Waals surface area contributed by atoms with Gasteiger partial charge in [-0.1, -0.05) is 30.3 Å². The maximum absolute atomic E-state index is 12.3.